The maximum absolute atomic E-state index is 11.8. The van der Waals surface area contributed by atoms with Crippen LogP contribution in [-0.2, 0) is 11.2 Å². The first-order valence-electron chi connectivity index (χ1n) is 5.66. The molecule has 8 heteroatoms. The summed E-state index contributed by atoms with van der Waals surface area (Å²) < 4.78 is 0. The average molecular weight is 263 g/mol. The molecule has 4 N–H and O–H groups in total. The smallest absolute Gasteiger partial charge is 0.325 e. The molecule has 2 heterocycles. The van der Waals surface area contributed by atoms with Crippen molar-refractivity contribution in [1.82, 2.24) is 25.3 Å². The highest BCUT2D eigenvalue weighted by Crippen LogP contribution is 2.05. The molecule has 0 radical (unpaired) electrons. The summed E-state index contributed by atoms with van der Waals surface area (Å²) >= 11 is 0. The molecule has 0 spiro atoms. The normalized spacial score (nSPS) is 12.1. The Labute approximate surface area is 107 Å². The van der Waals surface area contributed by atoms with Gasteiger partial charge in [-0.05, 0) is 6.92 Å². The number of hydrogen-bond acceptors (Lipinski definition) is 4. The molecule has 1 amide bonds. The molecule has 0 aliphatic carbocycles. The molecule has 2 aromatic heterocycles. The average Bonchev–Trinajstić information content (AvgIpc) is 2.80. The van der Waals surface area contributed by atoms with Gasteiger partial charge in [0.25, 0.3) is 5.56 Å². The van der Waals surface area contributed by atoms with Crippen LogP contribution in [0.15, 0.2) is 28.0 Å². The summed E-state index contributed by atoms with van der Waals surface area (Å²) in [5.41, 5.74) is -0.905. The van der Waals surface area contributed by atoms with Crippen molar-refractivity contribution in [3.05, 3.63) is 50.8 Å². The van der Waals surface area contributed by atoms with E-state index in [9.17, 15) is 14.4 Å². The first-order valence-corrected chi connectivity index (χ1v) is 5.66. The highest BCUT2D eigenvalue weighted by molar-refractivity contribution is 5.78. The number of carbonyl (C=O) groups excluding carboxylic acids is 1. The van der Waals surface area contributed by atoms with E-state index in [0.29, 0.717) is 5.82 Å². The molecule has 2 aromatic rings. The van der Waals surface area contributed by atoms with Gasteiger partial charge in [-0.2, -0.15) is 0 Å². The number of carbonyl (C=O) groups is 1. The minimum atomic E-state index is -0.630. The number of amides is 1. The number of nitrogens with zero attached hydrogens (tertiary/aromatic N) is 1. The lowest BCUT2D eigenvalue weighted by atomic mass is 10.2. The molecular formula is C11H13N5O3. The summed E-state index contributed by atoms with van der Waals surface area (Å²) in [6.45, 7) is 1.78. The van der Waals surface area contributed by atoms with Crippen LogP contribution in [0.5, 0.6) is 0 Å². The Balaban J connectivity index is 2.01. The van der Waals surface area contributed by atoms with Gasteiger partial charge < -0.3 is 15.3 Å². The summed E-state index contributed by atoms with van der Waals surface area (Å²) in [5.74, 6) is 0.318. The first-order chi connectivity index (χ1) is 9.04. The van der Waals surface area contributed by atoms with Gasteiger partial charge in [-0.3, -0.25) is 14.6 Å². The number of rotatable bonds is 4. The minimum absolute atomic E-state index is 0.0792. The predicted molar refractivity (Wildman–Crippen MR) is 66.5 cm³/mol. The molecule has 1 unspecified atom stereocenters. The molecule has 1 atom stereocenters. The van der Waals surface area contributed by atoms with Crippen LogP contribution in [0.1, 0.15) is 24.5 Å². The third-order valence-electron chi connectivity index (χ3n) is 2.47. The fourth-order valence-electron chi connectivity index (χ4n) is 1.66. The van der Waals surface area contributed by atoms with Crippen LogP contribution in [-0.4, -0.2) is 25.8 Å². The molecule has 100 valence electrons. The second-order valence-corrected chi connectivity index (χ2v) is 4.05. The number of imidazole rings is 1. The van der Waals surface area contributed by atoms with Crippen molar-refractivity contribution in [1.29, 1.82) is 0 Å². The Kier molecular flexibility index (Phi) is 3.60. The highest BCUT2D eigenvalue weighted by atomic mass is 16.2. The fourth-order valence-corrected chi connectivity index (χ4v) is 1.66. The third-order valence-corrected chi connectivity index (χ3v) is 2.47. The molecule has 0 saturated carbocycles. The maximum Gasteiger partial charge on any atom is 0.325 e. The second kappa shape index (κ2) is 5.34. The Bertz CT molecular complexity index is 642. The Morgan fingerprint density at radius 3 is 2.84 bits per heavy atom. The van der Waals surface area contributed by atoms with Crippen molar-refractivity contribution in [2.75, 3.05) is 0 Å². The monoisotopic (exact) mass is 263 g/mol. The molecule has 0 aliphatic rings. The lowest BCUT2D eigenvalue weighted by molar-refractivity contribution is -0.121. The van der Waals surface area contributed by atoms with Gasteiger partial charge in [0.05, 0.1) is 12.5 Å². The van der Waals surface area contributed by atoms with E-state index in [2.05, 4.69) is 20.3 Å². The topological polar surface area (TPSA) is 124 Å². The molecule has 0 fully saturated rings. The predicted octanol–water partition coefficient (Wildman–Crippen LogP) is -0.794. The number of hydrogen-bond donors (Lipinski definition) is 4. The standard InChI is InChI=1S/C11H13N5O3/c1-6(10-12-2-3-13-10)14-8(17)4-7-5-9(18)16-11(19)15-7/h2-3,5-6H,4H2,1H3,(H,12,13)(H,14,17)(H2,15,16,18,19). The lowest BCUT2D eigenvalue weighted by Gasteiger charge is -2.11. The van der Waals surface area contributed by atoms with Gasteiger partial charge in [-0.25, -0.2) is 9.78 Å². The van der Waals surface area contributed by atoms with Crippen molar-refractivity contribution < 1.29 is 4.79 Å². The molecule has 0 aliphatic heterocycles. The van der Waals surface area contributed by atoms with Gasteiger partial charge in [0.2, 0.25) is 5.91 Å². The molecule has 2 rings (SSSR count). The Hall–Kier alpha value is -2.64. The minimum Gasteiger partial charge on any atom is -0.347 e. The van der Waals surface area contributed by atoms with Gasteiger partial charge in [0.15, 0.2) is 0 Å². The zero-order valence-electron chi connectivity index (χ0n) is 10.2. The van der Waals surface area contributed by atoms with Gasteiger partial charge in [0, 0.05) is 24.2 Å². The summed E-state index contributed by atoms with van der Waals surface area (Å²) in [6.07, 6.45) is 3.17. The highest BCUT2D eigenvalue weighted by Gasteiger charge is 2.12. The molecule has 0 bridgehead atoms. The number of aromatic amines is 3. The SMILES string of the molecule is CC(NC(=O)Cc1cc(=O)[nH]c(=O)[nH]1)c1ncc[nH]1. The fraction of sp³-hybridized carbons (Fsp3) is 0.273. The van der Waals surface area contributed by atoms with Gasteiger partial charge in [0.1, 0.15) is 5.82 Å². The Morgan fingerprint density at radius 2 is 2.21 bits per heavy atom. The van der Waals surface area contributed by atoms with E-state index in [1.165, 1.54) is 6.07 Å². The van der Waals surface area contributed by atoms with E-state index in [-0.39, 0.29) is 24.1 Å². The number of aromatic nitrogens is 4. The van der Waals surface area contributed by atoms with Crippen LogP contribution in [0.25, 0.3) is 0 Å². The number of nitrogens with one attached hydrogen (secondary N) is 4. The van der Waals surface area contributed by atoms with E-state index < -0.39 is 11.2 Å². The van der Waals surface area contributed by atoms with Gasteiger partial charge in [-0.1, -0.05) is 0 Å². The summed E-state index contributed by atoms with van der Waals surface area (Å²) in [4.78, 5) is 45.2. The van der Waals surface area contributed by atoms with Crippen molar-refractivity contribution in [3.8, 4) is 0 Å². The van der Waals surface area contributed by atoms with Crippen LogP contribution in [0.2, 0.25) is 0 Å². The molecule has 19 heavy (non-hydrogen) atoms. The molecule has 0 aromatic carbocycles. The Morgan fingerprint density at radius 1 is 1.42 bits per heavy atom. The second-order valence-electron chi connectivity index (χ2n) is 4.05. The van der Waals surface area contributed by atoms with E-state index in [1.54, 1.807) is 19.3 Å². The van der Waals surface area contributed by atoms with Crippen LogP contribution in [0, 0.1) is 0 Å². The van der Waals surface area contributed by atoms with Crippen molar-refractivity contribution >= 4 is 5.91 Å². The zero-order chi connectivity index (χ0) is 13.8. The molecular weight excluding hydrogens is 250 g/mol. The molecule has 8 nitrogen and oxygen atoms in total. The summed E-state index contributed by atoms with van der Waals surface area (Å²) in [6, 6.07) is 0.898. The lowest BCUT2D eigenvalue weighted by Crippen LogP contribution is -2.31. The van der Waals surface area contributed by atoms with Crippen molar-refractivity contribution in [3.63, 3.8) is 0 Å². The number of H-pyrrole nitrogens is 3. The van der Waals surface area contributed by atoms with E-state index >= 15 is 0 Å². The summed E-state index contributed by atoms with van der Waals surface area (Å²) in [5, 5.41) is 2.70. The van der Waals surface area contributed by atoms with Crippen LogP contribution in [0.3, 0.4) is 0 Å². The van der Waals surface area contributed by atoms with E-state index in [4.69, 9.17) is 0 Å². The maximum atomic E-state index is 11.8. The van der Waals surface area contributed by atoms with Gasteiger partial charge >= 0.3 is 5.69 Å². The molecule has 0 saturated heterocycles. The van der Waals surface area contributed by atoms with Crippen molar-refractivity contribution in [2.45, 2.75) is 19.4 Å². The third kappa shape index (κ3) is 3.41. The van der Waals surface area contributed by atoms with Crippen LogP contribution in [0.4, 0.5) is 0 Å². The van der Waals surface area contributed by atoms with E-state index in [0.717, 1.165) is 0 Å². The van der Waals surface area contributed by atoms with E-state index in [1.807, 2.05) is 4.98 Å². The van der Waals surface area contributed by atoms with Gasteiger partial charge in [-0.15, -0.1) is 0 Å². The summed E-state index contributed by atoms with van der Waals surface area (Å²) in [7, 11) is 0. The quantitative estimate of drug-likeness (QED) is 0.577. The van der Waals surface area contributed by atoms with Crippen LogP contribution < -0.4 is 16.6 Å². The van der Waals surface area contributed by atoms with Crippen molar-refractivity contribution in [2.24, 2.45) is 0 Å². The largest absolute Gasteiger partial charge is 0.347 e. The first kappa shape index (κ1) is 12.8. The zero-order valence-corrected chi connectivity index (χ0v) is 10.2. The van der Waals surface area contributed by atoms with Crippen LogP contribution >= 0.6 is 0 Å².